The van der Waals surface area contributed by atoms with E-state index in [1.807, 2.05) is 32.9 Å². The number of nitrogens with zero attached hydrogens (tertiary/aromatic N) is 1. The van der Waals surface area contributed by atoms with E-state index in [1.54, 1.807) is 19.2 Å². The first-order valence-corrected chi connectivity index (χ1v) is 10.5. The molecule has 0 spiro atoms. The molecule has 0 bridgehead atoms. The Bertz CT molecular complexity index is 954. The molecule has 3 N–H and O–H groups in total. The Kier molecular flexibility index (Phi) is 11.2. The minimum Gasteiger partial charge on any atom is -0.495 e. The number of benzene rings is 2. The summed E-state index contributed by atoms with van der Waals surface area (Å²) in [6, 6.07) is 10.0. The molecular weight excluding hydrogens is 546 g/mol. The van der Waals surface area contributed by atoms with Crippen molar-refractivity contribution >= 4 is 53.1 Å². The second-order valence-corrected chi connectivity index (χ2v) is 8.18. The van der Waals surface area contributed by atoms with E-state index in [0.717, 1.165) is 11.1 Å². The molecule has 2 aromatic carbocycles. The maximum absolute atomic E-state index is 13.4. The van der Waals surface area contributed by atoms with Gasteiger partial charge in [0, 0.05) is 30.5 Å². The lowest BCUT2D eigenvalue weighted by atomic mass is 9.84. The zero-order chi connectivity index (χ0) is 23.0. The maximum atomic E-state index is 13.4. The molecule has 2 rings (SSSR count). The number of halogens is 3. The average Bonchev–Trinajstić information content (AvgIpc) is 2.69. The largest absolute Gasteiger partial charge is 0.495 e. The van der Waals surface area contributed by atoms with Crippen molar-refractivity contribution in [3.63, 3.8) is 0 Å². The molecule has 0 heterocycles. The highest BCUT2D eigenvalue weighted by molar-refractivity contribution is 14.0. The first kappa shape index (κ1) is 28.0. The van der Waals surface area contributed by atoms with Crippen LogP contribution in [0.25, 0.3) is 0 Å². The van der Waals surface area contributed by atoms with E-state index in [9.17, 15) is 9.18 Å². The normalized spacial score (nSPS) is 11.4. The number of methoxy groups -OCH3 is 1. The molecule has 0 saturated carbocycles. The van der Waals surface area contributed by atoms with Gasteiger partial charge >= 0.3 is 0 Å². The highest BCUT2D eigenvalue weighted by Crippen LogP contribution is 2.30. The predicted octanol–water partition coefficient (Wildman–Crippen LogP) is 5.10. The van der Waals surface area contributed by atoms with E-state index in [0.29, 0.717) is 42.1 Å². The Labute approximate surface area is 211 Å². The molecule has 9 heteroatoms. The molecule has 0 atom stereocenters. The van der Waals surface area contributed by atoms with Crippen molar-refractivity contribution in [2.75, 3.05) is 25.5 Å². The lowest BCUT2D eigenvalue weighted by Crippen LogP contribution is -2.43. The van der Waals surface area contributed by atoms with Crippen LogP contribution in [0.15, 0.2) is 41.4 Å². The number of hydrogen-bond acceptors (Lipinski definition) is 3. The number of amides is 1. The van der Waals surface area contributed by atoms with Gasteiger partial charge in [-0.15, -0.1) is 24.0 Å². The number of anilines is 1. The standard InChI is InChI=1S/C23H30ClFN4O2.HI/c1-6-26-22(28-14-23(3,4)18-9-8-17(25)12-19(18)24)27-13-16-7-10-21(31-5)20(11-16)29-15(2)30;/h7-12H,6,13-14H2,1-5H3,(H,29,30)(H2,26,27,28);1H. The Morgan fingerprint density at radius 2 is 1.91 bits per heavy atom. The van der Waals surface area contributed by atoms with E-state index in [-0.39, 0.29) is 41.1 Å². The molecule has 32 heavy (non-hydrogen) atoms. The Morgan fingerprint density at radius 3 is 2.50 bits per heavy atom. The lowest BCUT2D eigenvalue weighted by molar-refractivity contribution is -0.114. The van der Waals surface area contributed by atoms with Crippen LogP contribution < -0.4 is 20.7 Å². The van der Waals surface area contributed by atoms with Gasteiger partial charge in [0.25, 0.3) is 0 Å². The molecule has 1 amide bonds. The highest BCUT2D eigenvalue weighted by atomic mass is 127. The van der Waals surface area contributed by atoms with Crippen LogP contribution in [0.3, 0.4) is 0 Å². The molecule has 0 saturated heterocycles. The molecule has 176 valence electrons. The summed E-state index contributed by atoms with van der Waals surface area (Å²) in [4.78, 5) is 16.1. The summed E-state index contributed by atoms with van der Waals surface area (Å²) >= 11 is 6.25. The number of guanidine groups is 1. The molecule has 0 fully saturated rings. The fourth-order valence-corrected chi connectivity index (χ4v) is 3.51. The first-order chi connectivity index (χ1) is 14.7. The summed E-state index contributed by atoms with van der Waals surface area (Å²) in [6.07, 6.45) is 0. The van der Waals surface area contributed by atoms with Crippen LogP contribution in [0, 0.1) is 5.82 Å². The summed E-state index contributed by atoms with van der Waals surface area (Å²) in [5.74, 6) is 0.706. The molecule has 6 nitrogen and oxygen atoms in total. The predicted molar refractivity (Wildman–Crippen MR) is 140 cm³/mol. The molecule has 0 unspecified atom stereocenters. The van der Waals surface area contributed by atoms with Crippen molar-refractivity contribution in [3.05, 3.63) is 58.4 Å². The number of ether oxygens (including phenoxy) is 1. The van der Waals surface area contributed by atoms with E-state index in [2.05, 4.69) is 20.9 Å². The summed E-state index contributed by atoms with van der Waals surface area (Å²) < 4.78 is 18.7. The van der Waals surface area contributed by atoms with Gasteiger partial charge < -0.3 is 20.7 Å². The monoisotopic (exact) mass is 576 g/mol. The Morgan fingerprint density at radius 1 is 1.19 bits per heavy atom. The summed E-state index contributed by atoms with van der Waals surface area (Å²) in [7, 11) is 1.56. The van der Waals surface area contributed by atoms with E-state index in [4.69, 9.17) is 16.3 Å². The van der Waals surface area contributed by atoms with Gasteiger partial charge in [-0.25, -0.2) is 9.38 Å². The summed E-state index contributed by atoms with van der Waals surface area (Å²) in [5.41, 5.74) is 2.03. The molecule has 0 radical (unpaired) electrons. The van der Waals surface area contributed by atoms with Crippen molar-refractivity contribution in [2.24, 2.45) is 4.99 Å². The fraction of sp³-hybridized carbons (Fsp3) is 0.391. The minimum absolute atomic E-state index is 0. The topological polar surface area (TPSA) is 74.8 Å². The smallest absolute Gasteiger partial charge is 0.221 e. The van der Waals surface area contributed by atoms with Gasteiger partial charge in [0.15, 0.2) is 5.96 Å². The van der Waals surface area contributed by atoms with Crippen molar-refractivity contribution in [2.45, 2.75) is 39.7 Å². The number of aliphatic imine (C=N–C) groups is 1. The number of rotatable bonds is 8. The Balaban J connectivity index is 0.00000512. The van der Waals surface area contributed by atoms with Crippen molar-refractivity contribution in [1.82, 2.24) is 10.6 Å². The SMILES string of the molecule is CCNC(=NCc1ccc(OC)c(NC(C)=O)c1)NCC(C)(C)c1ccc(F)cc1Cl.I. The van der Waals surface area contributed by atoms with Gasteiger partial charge in [0.1, 0.15) is 11.6 Å². The van der Waals surface area contributed by atoms with Crippen LogP contribution in [-0.2, 0) is 16.8 Å². The van der Waals surface area contributed by atoms with Crippen LogP contribution in [0.4, 0.5) is 10.1 Å². The van der Waals surface area contributed by atoms with Gasteiger partial charge in [0.2, 0.25) is 5.91 Å². The third-order valence-electron chi connectivity index (χ3n) is 4.70. The van der Waals surface area contributed by atoms with Gasteiger partial charge in [-0.3, -0.25) is 4.79 Å². The first-order valence-electron chi connectivity index (χ1n) is 10.1. The number of carbonyl (C=O) groups excluding carboxylic acids is 1. The number of nitrogens with one attached hydrogen (secondary N) is 3. The summed E-state index contributed by atoms with van der Waals surface area (Å²) in [6.45, 7) is 9.16. The zero-order valence-electron chi connectivity index (χ0n) is 19.0. The number of hydrogen-bond donors (Lipinski definition) is 3. The van der Waals surface area contributed by atoms with Gasteiger partial charge in [0.05, 0.1) is 19.3 Å². The molecule has 0 aromatic heterocycles. The quantitative estimate of drug-likeness (QED) is 0.232. The summed E-state index contributed by atoms with van der Waals surface area (Å²) in [5, 5.41) is 9.72. The molecule has 2 aromatic rings. The van der Waals surface area contributed by atoms with Crippen LogP contribution in [-0.4, -0.2) is 32.1 Å². The zero-order valence-corrected chi connectivity index (χ0v) is 22.1. The van der Waals surface area contributed by atoms with Gasteiger partial charge in [-0.1, -0.05) is 37.6 Å². The molecular formula is C23H31ClFIN4O2. The van der Waals surface area contributed by atoms with Crippen molar-refractivity contribution in [3.8, 4) is 5.75 Å². The molecule has 0 aliphatic carbocycles. The molecule has 0 aliphatic rings. The Hall–Kier alpha value is -2.07. The van der Waals surface area contributed by atoms with E-state index < -0.39 is 0 Å². The lowest BCUT2D eigenvalue weighted by Gasteiger charge is -2.27. The van der Waals surface area contributed by atoms with Crippen LogP contribution in [0.2, 0.25) is 5.02 Å². The van der Waals surface area contributed by atoms with Gasteiger partial charge in [-0.05, 0) is 42.3 Å². The van der Waals surface area contributed by atoms with Crippen LogP contribution in [0.5, 0.6) is 5.75 Å². The third-order valence-corrected chi connectivity index (χ3v) is 5.01. The average molecular weight is 577 g/mol. The van der Waals surface area contributed by atoms with Crippen molar-refractivity contribution in [1.29, 1.82) is 0 Å². The molecule has 0 aliphatic heterocycles. The van der Waals surface area contributed by atoms with Gasteiger partial charge in [-0.2, -0.15) is 0 Å². The minimum atomic E-state index is -0.356. The second kappa shape index (κ2) is 12.8. The third kappa shape index (κ3) is 8.12. The highest BCUT2D eigenvalue weighted by Gasteiger charge is 2.24. The second-order valence-electron chi connectivity index (χ2n) is 7.77. The van der Waals surface area contributed by atoms with E-state index in [1.165, 1.54) is 19.1 Å². The van der Waals surface area contributed by atoms with Crippen molar-refractivity contribution < 1.29 is 13.9 Å². The van der Waals surface area contributed by atoms with E-state index >= 15 is 0 Å². The van der Waals surface area contributed by atoms with Crippen LogP contribution in [0.1, 0.15) is 38.8 Å². The number of carbonyl (C=O) groups is 1. The van der Waals surface area contributed by atoms with Crippen LogP contribution >= 0.6 is 35.6 Å². The fourth-order valence-electron chi connectivity index (χ4n) is 3.09. The maximum Gasteiger partial charge on any atom is 0.221 e.